The van der Waals surface area contributed by atoms with Crippen LogP contribution in [0.2, 0.25) is 0 Å². The zero-order valence-electron chi connectivity index (χ0n) is 14.2. The lowest BCUT2D eigenvalue weighted by atomic mass is 10.1. The van der Waals surface area contributed by atoms with Crippen molar-refractivity contribution >= 4 is 23.2 Å². The third kappa shape index (κ3) is 4.05. The molecule has 3 rings (SSSR count). The Bertz CT molecular complexity index is 764. The fourth-order valence-corrected chi connectivity index (χ4v) is 3.55. The molecule has 25 heavy (non-hydrogen) atoms. The van der Waals surface area contributed by atoms with Gasteiger partial charge in [0.2, 0.25) is 0 Å². The van der Waals surface area contributed by atoms with Gasteiger partial charge in [0, 0.05) is 17.7 Å². The lowest BCUT2D eigenvalue weighted by molar-refractivity contribution is 0.0531. The summed E-state index contributed by atoms with van der Waals surface area (Å²) in [6, 6.07) is 7.30. The number of nitrogens with zero attached hydrogens (tertiary/aromatic N) is 1. The molecule has 0 unspecified atom stereocenters. The number of esters is 1. The highest BCUT2D eigenvalue weighted by Gasteiger charge is 2.19. The first-order chi connectivity index (χ1) is 12.1. The Balaban J connectivity index is 1.72. The topological polar surface area (TPSA) is 77.5 Å². The number of aryl methyl sites for hydroxylation is 1. The molecule has 1 aliphatic heterocycles. The van der Waals surface area contributed by atoms with Crippen molar-refractivity contribution in [1.82, 2.24) is 10.3 Å². The molecule has 6 nitrogen and oxygen atoms in total. The number of hydrogen-bond acceptors (Lipinski definition) is 6. The average molecular weight is 360 g/mol. The first-order valence-corrected chi connectivity index (χ1v) is 9.03. The van der Waals surface area contributed by atoms with Crippen LogP contribution in [0.15, 0.2) is 24.3 Å². The van der Waals surface area contributed by atoms with Crippen LogP contribution >= 0.6 is 11.3 Å². The van der Waals surface area contributed by atoms with E-state index in [1.54, 1.807) is 26.0 Å². The number of nitrogens with one attached hydrogen (secondary N) is 1. The van der Waals surface area contributed by atoms with Gasteiger partial charge in [0.1, 0.15) is 9.88 Å². The number of ether oxygens (including phenoxy) is 2. The van der Waals surface area contributed by atoms with Crippen molar-refractivity contribution in [2.24, 2.45) is 0 Å². The van der Waals surface area contributed by atoms with E-state index in [4.69, 9.17) is 9.47 Å². The smallest absolute Gasteiger partial charge is 0.350 e. The number of amides is 1. The van der Waals surface area contributed by atoms with Gasteiger partial charge in [-0.25, -0.2) is 9.78 Å². The molecule has 7 heteroatoms. The molecule has 1 aromatic carbocycles. The number of benzene rings is 1. The Morgan fingerprint density at radius 3 is 2.76 bits per heavy atom. The number of carbonyl (C=O) groups is 2. The third-order valence-electron chi connectivity index (χ3n) is 3.92. The molecule has 1 N–H and O–H groups in total. The quantitative estimate of drug-likeness (QED) is 0.830. The van der Waals surface area contributed by atoms with E-state index in [1.165, 1.54) is 11.3 Å². The molecule has 1 saturated heterocycles. The lowest BCUT2D eigenvalue weighted by Crippen LogP contribution is -2.34. The molecule has 1 aromatic heterocycles. The van der Waals surface area contributed by atoms with Crippen molar-refractivity contribution in [3.05, 3.63) is 40.4 Å². The average Bonchev–Trinajstić information content (AvgIpc) is 3.25. The summed E-state index contributed by atoms with van der Waals surface area (Å²) in [6.07, 6.45) is 0.846. The molecule has 1 atom stereocenters. The van der Waals surface area contributed by atoms with E-state index in [-0.39, 0.29) is 17.9 Å². The molecular weight excluding hydrogens is 340 g/mol. The van der Waals surface area contributed by atoms with Crippen LogP contribution in [-0.2, 0) is 9.47 Å². The van der Waals surface area contributed by atoms with E-state index in [0.717, 1.165) is 17.0 Å². The van der Waals surface area contributed by atoms with E-state index >= 15 is 0 Å². The van der Waals surface area contributed by atoms with Crippen LogP contribution in [0.1, 0.15) is 39.1 Å². The number of aromatic nitrogens is 1. The van der Waals surface area contributed by atoms with E-state index in [2.05, 4.69) is 10.3 Å². The van der Waals surface area contributed by atoms with Gasteiger partial charge in [0.15, 0.2) is 0 Å². The Hall–Kier alpha value is -2.25. The van der Waals surface area contributed by atoms with Crippen molar-refractivity contribution in [2.45, 2.75) is 26.3 Å². The largest absolute Gasteiger partial charge is 0.462 e. The third-order valence-corrected chi connectivity index (χ3v) is 5.10. The van der Waals surface area contributed by atoms with Gasteiger partial charge in [-0.2, -0.15) is 0 Å². The fraction of sp³-hybridized carbons (Fsp3) is 0.389. The number of hydrogen-bond donors (Lipinski definition) is 1. The van der Waals surface area contributed by atoms with Crippen LogP contribution in [0.5, 0.6) is 0 Å². The van der Waals surface area contributed by atoms with Crippen LogP contribution in [0.3, 0.4) is 0 Å². The molecule has 132 valence electrons. The van der Waals surface area contributed by atoms with Crippen molar-refractivity contribution in [1.29, 1.82) is 0 Å². The van der Waals surface area contributed by atoms with Gasteiger partial charge >= 0.3 is 5.97 Å². The molecule has 0 bridgehead atoms. The van der Waals surface area contributed by atoms with Gasteiger partial charge in [-0.1, -0.05) is 12.1 Å². The highest BCUT2D eigenvalue weighted by molar-refractivity contribution is 7.17. The molecule has 2 heterocycles. The van der Waals surface area contributed by atoms with Crippen molar-refractivity contribution in [3.63, 3.8) is 0 Å². The van der Waals surface area contributed by atoms with Gasteiger partial charge in [-0.3, -0.25) is 4.79 Å². The maximum absolute atomic E-state index is 12.2. The highest BCUT2D eigenvalue weighted by Crippen LogP contribution is 2.28. The monoisotopic (exact) mass is 360 g/mol. The minimum atomic E-state index is -0.349. The molecule has 2 aromatic rings. The van der Waals surface area contributed by atoms with E-state index < -0.39 is 0 Å². The van der Waals surface area contributed by atoms with Crippen LogP contribution < -0.4 is 5.32 Å². The Morgan fingerprint density at radius 1 is 1.36 bits per heavy atom. The molecule has 1 amide bonds. The van der Waals surface area contributed by atoms with Crippen molar-refractivity contribution < 1.29 is 19.1 Å². The summed E-state index contributed by atoms with van der Waals surface area (Å²) in [5.74, 6) is -0.455. The summed E-state index contributed by atoms with van der Waals surface area (Å²) in [6.45, 7) is 5.16. The molecule has 0 saturated carbocycles. The summed E-state index contributed by atoms with van der Waals surface area (Å²) in [5, 5.41) is 3.69. The van der Waals surface area contributed by atoms with Gasteiger partial charge in [-0.15, -0.1) is 11.3 Å². The summed E-state index contributed by atoms with van der Waals surface area (Å²) in [5.41, 5.74) is 2.11. The van der Waals surface area contributed by atoms with Crippen LogP contribution in [-0.4, -0.2) is 42.7 Å². The molecule has 1 fully saturated rings. The summed E-state index contributed by atoms with van der Waals surface area (Å²) >= 11 is 1.30. The standard InChI is InChI=1S/C18H20N2O4S/c1-3-24-18(22)15-11(2)19-17(25-15)13-6-4-12(5-7-13)16(21)20-14-8-9-23-10-14/h4-7,14H,3,8-10H2,1-2H3,(H,20,21)/t14-/m0/s1. The zero-order valence-corrected chi connectivity index (χ0v) is 15.0. The van der Waals surface area contributed by atoms with Gasteiger partial charge in [0.05, 0.1) is 24.9 Å². The number of thiazole rings is 1. The Labute approximate surface area is 150 Å². The fourth-order valence-electron chi connectivity index (χ4n) is 2.59. The van der Waals surface area contributed by atoms with Crippen molar-refractivity contribution in [2.75, 3.05) is 19.8 Å². The summed E-state index contributed by atoms with van der Waals surface area (Å²) in [4.78, 5) is 29.1. The Kier molecular flexibility index (Phi) is 5.45. The maximum atomic E-state index is 12.2. The lowest BCUT2D eigenvalue weighted by Gasteiger charge is -2.10. The second-order valence-electron chi connectivity index (χ2n) is 5.77. The molecule has 0 spiro atoms. The predicted octanol–water partition coefficient (Wildman–Crippen LogP) is 2.81. The number of carbonyl (C=O) groups excluding carboxylic acids is 2. The maximum Gasteiger partial charge on any atom is 0.350 e. The Morgan fingerprint density at radius 2 is 2.12 bits per heavy atom. The van der Waals surface area contributed by atoms with Crippen LogP contribution in [0.4, 0.5) is 0 Å². The minimum absolute atomic E-state index is 0.0842. The first-order valence-electron chi connectivity index (χ1n) is 8.22. The summed E-state index contributed by atoms with van der Waals surface area (Å²) in [7, 11) is 0. The van der Waals surface area contributed by atoms with Crippen LogP contribution in [0, 0.1) is 6.92 Å². The highest BCUT2D eigenvalue weighted by atomic mass is 32.1. The second-order valence-corrected chi connectivity index (χ2v) is 6.76. The van der Waals surface area contributed by atoms with Gasteiger partial charge in [-0.05, 0) is 32.4 Å². The minimum Gasteiger partial charge on any atom is -0.462 e. The number of rotatable bonds is 5. The van der Waals surface area contributed by atoms with Gasteiger partial charge in [0.25, 0.3) is 5.91 Å². The summed E-state index contributed by atoms with van der Waals surface area (Å²) < 4.78 is 10.3. The first kappa shape index (κ1) is 17.6. The SMILES string of the molecule is CCOC(=O)c1sc(-c2ccc(C(=O)N[C@H]3CCOC3)cc2)nc1C. The normalized spacial score (nSPS) is 16.6. The molecule has 0 radical (unpaired) electrons. The van der Waals surface area contributed by atoms with Crippen LogP contribution in [0.25, 0.3) is 10.6 Å². The van der Waals surface area contributed by atoms with Gasteiger partial charge < -0.3 is 14.8 Å². The van der Waals surface area contributed by atoms with Crippen molar-refractivity contribution in [3.8, 4) is 10.6 Å². The zero-order chi connectivity index (χ0) is 17.8. The molecule has 1 aliphatic rings. The second kappa shape index (κ2) is 7.76. The molecule has 0 aliphatic carbocycles. The molecular formula is C18H20N2O4S. The van der Waals surface area contributed by atoms with E-state index in [0.29, 0.717) is 36.0 Å². The van der Waals surface area contributed by atoms with E-state index in [9.17, 15) is 9.59 Å². The van der Waals surface area contributed by atoms with E-state index in [1.807, 2.05) is 12.1 Å². The predicted molar refractivity (Wildman–Crippen MR) is 94.9 cm³/mol.